The molecule has 3 aromatic heterocycles. The summed E-state index contributed by atoms with van der Waals surface area (Å²) < 4.78 is 2.29. The van der Waals surface area contributed by atoms with Crippen molar-refractivity contribution in [2.45, 2.75) is 105 Å². The van der Waals surface area contributed by atoms with Crippen LogP contribution in [0.15, 0.2) is 77.7 Å². The molecule has 0 saturated heterocycles. The predicted octanol–water partition coefficient (Wildman–Crippen LogP) is 10.9. The molecule has 6 rings (SSSR count). The van der Waals surface area contributed by atoms with Crippen LogP contribution >= 0.6 is 0 Å². The van der Waals surface area contributed by atoms with Crippen molar-refractivity contribution in [1.82, 2.24) is 14.4 Å². The normalized spacial score (nSPS) is 13.3. The van der Waals surface area contributed by atoms with Gasteiger partial charge in [0.05, 0.1) is 22.4 Å². The smallest absolute Gasteiger partial charge is 0.179 e. The molecule has 0 saturated carbocycles. The molecule has 3 aromatic carbocycles. The van der Waals surface area contributed by atoms with Crippen LogP contribution in [0.4, 0.5) is 0 Å². The Labute approximate surface area is 273 Å². The third kappa shape index (κ3) is 5.57. The fraction of sp³-hybridized carbons (Fsp3) is 0.381. The largest absolute Gasteiger partial charge is 0.359 e. The van der Waals surface area contributed by atoms with Crippen LogP contribution in [0.5, 0.6) is 0 Å². The minimum atomic E-state index is -0.0534. The molecule has 0 aliphatic rings. The van der Waals surface area contributed by atoms with E-state index in [-0.39, 0.29) is 27.1 Å². The molecular weight excluding hydrogens is 562 g/mol. The third-order valence-corrected chi connectivity index (χ3v) is 9.33. The van der Waals surface area contributed by atoms with Crippen LogP contribution in [-0.2, 0) is 21.7 Å². The van der Waals surface area contributed by atoms with Crippen LogP contribution in [0.1, 0.15) is 105 Å². The SMILES string of the molecule is CC(C)(C)c1cc(-c2nc3c4cc(=O)ccc4c4[nH]cccc4n3c2-c2cc(C(C)(C)C)cc(C(C)(C)C)c2)cc(C(C)(C)C)c1. The minimum Gasteiger partial charge on any atom is -0.359 e. The van der Waals surface area contributed by atoms with Crippen molar-refractivity contribution in [1.29, 1.82) is 0 Å². The summed E-state index contributed by atoms with van der Waals surface area (Å²) in [5, 5.41) is 1.84. The van der Waals surface area contributed by atoms with E-state index in [2.05, 4.69) is 135 Å². The number of nitrogens with zero attached hydrogens (tertiary/aromatic N) is 2. The van der Waals surface area contributed by atoms with Gasteiger partial charge in [-0.1, -0.05) is 95.2 Å². The highest BCUT2D eigenvalue weighted by Gasteiger charge is 2.28. The van der Waals surface area contributed by atoms with E-state index in [1.54, 1.807) is 12.1 Å². The van der Waals surface area contributed by atoms with Gasteiger partial charge in [0.1, 0.15) is 5.65 Å². The Balaban J connectivity index is 1.88. The van der Waals surface area contributed by atoms with E-state index in [1.165, 1.54) is 22.3 Å². The maximum atomic E-state index is 12.9. The zero-order valence-electron chi connectivity index (χ0n) is 29.7. The molecule has 0 spiro atoms. The fourth-order valence-corrected chi connectivity index (χ4v) is 6.32. The first kappa shape index (κ1) is 31.8. The molecule has 1 N–H and O–H groups in total. The van der Waals surface area contributed by atoms with Crippen LogP contribution in [0.2, 0.25) is 0 Å². The average molecular weight is 612 g/mol. The Bertz CT molecular complexity index is 2140. The van der Waals surface area contributed by atoms with E-state index >= 15 is 0 Å². The molecule has 238 valence electrons. The van der Waals surface area contributed by atoms with Gasteiger partial charge in [0, 0.05) is 28.1 Å². The van der Waals surface area contributed by atoms with Crippen molar-refractivity contribution >= 4 is 27.5 Å². The van der Waals surface area contributed by atoms with E-state index in [9.17, 15) is 4.79 Å². The molecule has 0 atom stereocenters. The van der Waals surface area contributed by atoms with Crippen LogP contribution in [0, 0.1) is 0 Å². The van der Waals surface area contributed by atoms with Crippen molar-refractivity contribution in [2.24, 2.45) is 0 Å². The van der Waals surface area contributed by atoms with Crippen molar-refractivity contribution in [3.8, 4) is 22.5 Å². The van der Waals surface area contributed by atoms with E-state index in [0.717, 1.165) is 50.0 Å². The molecule has 0 bridgehead atoms. The molecule has 0 amide bonds. The first-order valence-corrected chi connectivity index (χ1v) is 16.5. The number of imidazole rings is 1. The number of aromatic nitrogens is 3. The lowest BCUT2D eigenvalue weighted by Crippen LogP contribution is -2.17. The summed E-state index contributed by atoms with van der Waals surface area (Å²) in [5.74, 6) is 0. The maximum Gasteiger partial charge on any atom is 0.179 e. The van der Waals surface area contributed by atoms with Crippen LogP contribution in [0.25, 0.3) is 50.0 Å². The Hall–Kier alpha value is -4.18. The molecule has 0 aliphatic carbocycles. The average Bonchev–Trinajstić information content (AvgIpc) is 3.36. The van der Waals surface area contributed by atoms with Crippen LogP contribution in [-0.4, -0.2) is 14.4 Å². The molecule has 0 fully saturated rings. The zero-order valence-corrected chi connectivity index (χ0v) is 29.7. The van der Waals surface area contributed by atoms with Crippen LogP contribution in [0.3, 0.4) is 0 Å². The first-order valence-electron chi connectivity index (χ1n) is 16.5. The highest BCUT2D eigenvalue weighted by molar-refractivity contribution is 6.11. The summed E-state index contributed by atoms with van der Waals surface area (Å²) in [6, 6.07) is 23.6. The van der Waals surface area contributed by atoms with Crippen molar-refractivity contribution in [3.63, 3.8) is 0 Å². The third-order valence-electron chi connectivity index (χ3n) is 9.33. The Morgan fingerprint density at radius 1 is 0.587 bits per heavy atom. The summed E-state index contributed by atoms with van der Waals surface area (Å²) in [5.41, 5.74) is 11.9. The Kier molecular flexibility index (Phi) is 7.20. The van der Waals surface area contributed by atoms with Gasteiger partial charge in [0.25, 0.3) is 0 Å². The summed E-state index contributed by atoms with van der Waals surface area (Å²) >= 11 is 0. The number of hydrogen-bond acceptors (Lipinski definition) is 2. The molecule has 0 aliphatic heterocycles. The predicted molar refractivity (Wildman–Crippen MR) is 196 cm³/mol. The van der Waals surface area contributed by atoms with Crippen molar-refractivity contribution < 1.29 is 0 Å². The lowest BCUT2D eigenvalue weighted by atomic mass is 9.78. The zero-order chi connectivity index (χ0) is 33.6. The summed E-state index contributed by atoms with van der Waals surface area (Å²) in [6.45, 7) is 27.3. The van der Waals surface area contributed by atoms with Gasteiger partial charge in [-0.25, -0.2) is 4.98 Å². The van der Waals surface area contributed by atoms with Crippen molar-refractivity contribution in [2.75, 3.05) is 0 Å². The summed E-state index contributed by atoms with van der Waals surface area (Å²) in [7, 11) is 0. The van der Waals surface area contributed by atoms with Gasteiger partial charge in [-0.15, -0.1) is 0 Å². The Morgan fingerprint density at radius 3 is 1.59 bits per heavy atom. The quantitative estimate of drug-likeness (QED) is 0.198. The van der Waals surface area contributed by atoms with Crippen LogP contribution < -0.4 is 5.43 Å². The number of hydrogen-bond donors (Lipinski definition) is 1. The molecule has 0 unspecified atom stereocenters. The van der Waals surface area contributed by atoms with Crippen molar-refractivity contribution in [3.05, 3.63) is 105 Å². The van der Waals surface area contributed by atoms with E-state index < -0.39 is 0 Å². The van der Waals surface area contributed by atoms with E-state index in [4.69, 9.17) is 4.98 Å². The van der Waals surface area contributed by atoms with Gasteiger partial charge < -0.3 is 4.98 Å². The number of benzene rings is 3. The van der Waals surface area contributed by atoms with E-state index in [0.29, 0.717) is 0 Å². The second-order valence-electron chi connectivity index (χ2n) is 17.2. The lowest BCUT2D eigenvalue weighted by Gasteiger charge is -2.27. The molecule has 0 radical (unpaired) electrons. The van der Waals surface area contributed by atoms with Gasteiger partial charge in [0.2, 0.25) is 0 Å². The molecule has 4 nitrogen and oxygen atoms in total. The van der Waals surface area contributed by atoms with E-state index in [1.807, 2.05) is 18.3 Å². The van der Waals surface area contributed by atoms with Gasteiger partial charge >= 0.3 is 0 Å². The first-order chi connectivity index (χ1) is 21.2. The second kappa shape index (κ2) is 10.4. The standard InChI is InChI=1S/C42H49N3O/c1-39(2,3)27-18-25(19-28(22-27)40(4,5)6)35-37(26-20-29(41(7,8)9)23-30(21-26)42(10,11)12)45-34-14-13-17-43-36(34)32-16-15-31(46)24-33(32)38(45)44-35/h13-24,43H,1-12H3. The molecular formula is C42H49N3O. The summed E-state index contributed by atoms with van der Waals surface area (Å²) in [4.78, 5) is 21.9. The number of nitrogens with one attached hydrogen (secondary N) is 1. The number of rotatable bonds is 2. The van der Waals surface area contributed by atoms with Gasteiger partial charge in [-0.05, 0) is 98.5 Å². The lowest BCUT2D eigenvalue weighted by molar-refractivity contribution is 0.568. The maximum absolute atomic E-state index is 12.9. The molecule has 3 heterocycles. The highest BCUT2D eigenvalue weighted by Crippen LogP contribution is 2.43. The van der Waals surface area contributed by atoms with Gasteiger partial charge in [-0.2, -0.15) is 0 Å². The van der Waals surface area contributed by atoms with Gasteiger partial charge in [-0.3, -0.25) is 9.20 Å². The monoisotopic (exact) mass is 611 g/mol. The molecule has 4 heteroatoms. The van der Waals surface area contributed by atoms with Gasteiger partial charge in [0.15, 0.2) is 5.43 Å². The molecule has 46 heavy (non-hydrogen) atoms. The number of H-pyrrole nitrogens is 1. The second-order valence-corrected chi connectivity index (χ2v) is 17.2. The Morgan fingerprint density at radius 2 is 1.09 bits per heavy atom. The summed E-state index contributed by atoms with van der Waals surface area (Å²) in [6.07, 6.45) is 1.95. The number of aromatic amines is 1. The number of fused-ring (bicyclic) bond motifs is 6. The fourth-order valence-electron chi connectivity index (χ4n) is 6.32. The highest BCUT2D eigenvalue weighted by atomic mass is 16.1. The minimum absolute atomic E-state index is 0.0229. The topological polar surface area (TPSA) is 50.2 Å². The number of pyridine rings is 2. The molecule has 6 aromatic rings.